The van der Waals surface area contributed by atoms with E-state index in [9.17, 15) is 0 Å². The lowest BCUT2D eigenvalue weighted by molar-refractivity contribution is 0.168. The zero-order valence-corrected chi connectivity index (χ0v) is 15.2. The van der Waals surface area contributed by atoms with Crippen LogP contribution in [0.1, 0.15) is 56.6 Å². The summed E-state index contributed by atoms with van der Waals surface area (Å²) in [6, 6.07) is 13.7. The lowest BCUT2D eigenvalue weighted by Crippen LogP contribution is -2.41. The van der Waals surface area contributed by atoms with Gasteiger partial charge in [-0.1, -0.05) is 36.3 Å². The van der Waals surface area contributed by atoms with Crippen molar-refractivity contribution in [3.8, 4) is 17.9 Å². The van der Waals surface area contributed by atoms with E-state index in [4.69, 9.17) is 5.26 Å². The van der Waals surface area contributed by atoms with Gasteiger partial charge in [0.15, 0.2) is 0 Å². The highest BCUT2D eigenvalue weighted by molar-refractivity contribution is 5.28. The highest BCUT2D eigenvalue weighted by Crippen LogP contribution is 2.30. The molecule has 0 N–H and O–H groups in total. The zero-order valence-electron chi connectivity index (χ0n) is 15.2. The van der Waals surface area contributed by atoms with Crippen LogP contribution in [0.2, 0.25) is 0 Å². The van der Waals surface area contributed by atoms with E-state index in [0.29, 0.717) is 12.5 Å². The number of nitrogens with zero attached hydrogens (tertiary/aromatic N) is 3. The molecule has 2 heterocycles. The maximum atomic E-state index is 8.68. The molecule has 132 valence electrons. The van der Waals surface area contributed by atoms with Gasteiger partial charge in [0.05, 0.1) is 12.1 Å². The van der Waals surface area contributed by atoms with Crippen molar-refractivity contribution in [2.45, 2.75) is 57.0 Å². The molecule has 0 bridgehead atoms. The fourth-order valence-corrected chi connectivity index (χ4v) is 4.07. The molecule has 3 heteroatoms. The molecule has 0 aromatic heterocycles. The molecule has 0 saturated carbocycles. The maximum Gasteiger partial charge on any atom is 0.0973 e. The van der Waals surface area contributed by atoms with Crippen LogP contribution in [-0.2, 0) is 0 Å². The molecule has 2 fully saturated rings. The quantitative estimate of drug-likeness (QED) is 0.582. The molecule has 0 radical (unpaired) electrons. The molecule has 2 aliphatic heterocycles. The predicted octanol–water partition coefficient (Wildman–Crippen LogP) is 3.99. The largest absolute Gasteiger partial charge is 0.302 e. The molecule has 3 nitrogen and oxygen atoms in total. The number of nitriles is 1. The number of unbranched alkanes of at least 4 members (excludes halogenated alkanes) is 2. The van der Waals surface area contributed by atoms with Crippen molar-refractivity contribution >= 4 is 0 Å². The van der Waals surface area contributed by atoms with Gasteiger partial charge in [-0.05, 0) is 50.8 Å². The molecular formula is C22H29N3. The lowest BCUT2D eigenvalue weighted by Gasteiger charge is -2.32. The minimum atomic E-state index is 0.193. The van der Waals surface area contributed by atoms with E-state index in [2.05, 4.69) is 58.0 Å². The second-order valence-electron chi connectivity index (χ2n) is 7.19. The van der Waals surface area contributed by atoms with Crippen LogP contribution in [0.4, 0.5) is 0 Å². The molecule has 1 aromatic rings. The van der Waals surface area contributed by atoms with Crippen LogP contribution < -0.4 is 0 Å². The van der Waals surface area contributed by atoms with Gasteiger partial charge in [0, 0.05) is 32.0 Å². The third-order valence-corrected chi connectivity index (χ3v) is 5.37. The summed E-state index contributed by atoms with van der Waals surface area (Å²) in [5.74, 6) is 6.89. The smallest absolute Gasteiger partial charge is 0.0973 e. The van der Waals surface area contributed by atoms with Crippen molar-refractivity contribution in [3.63, 3.8) is 0 Å². The summed E-state index contributed by atoms with van der Waals surface area (Å²) >= 11 is 0. The highest BCUT2D eigenvalue weighted by atomic mass is 15.3. The second kappa shape index (κ2) is 9.62. The van der Waals surface area contributed by atoms with Crippen LogP contribution >= 0.6 is 0 Å². The predicted molar refractivity (Wildman–Crippen MR) is 102 cm³/mol. The number of rotatable bonds is 6. The standard InChI is InChI=1S/C22H29N3/c23-15-7-2-1-6-14-22(20-11-4-3-5-12-20)25-18-10-13-21(25)19-24-16-8-9-17-24/h3-5,11-12,21-22H,1-2,7-10,13,16-19H2. The first-order valence-corrected chi connectivity index (χ1v) is 9.77. The van der Waals surface area contributed by atoms with Gasteiger partial charge in [-0.25, -0.2) is 0 Å². The maximum absolute atomic E-state index is 8.68. The molecule has 3 rings (SSSR count). The van der Waals surface area contributed by atoms with Crippen molar-refractivity contribution in [1.29, 1.82) is 5.26 Å². The Kier molecular flexibility index (Phi) is 6.92. The first-order chi connectivity index (χ1) is 12.4. The van der Waals surface area contributed by atoms with Gasteiger partial charge in [-0.3, -0.25) is 4.90 Å². The van der Waals surface area contributed by atoms with Crippen molar-refractivity contribution in [2.24, 2.45) is 0 Å². The van der Waals surface area contributed by atoms with Crippen LogP contribution in [0.15, 0.2) is 30.3 Å². The molecular weight excluding hydrogens is 306 g/mol. The molecule has 2 atom stereocenters. The van der Waals surface area contributed by atoms with E-state index in [1.165, 1.54) is 50.9 Å². The number of hydrogen-bond acceptors (Lipinski definition) is 3. The van der Waals surface area contributed by atoms with Gasteiger partial charge in [0.1, 0.15) is 0 Å². The Labute approximate surface area is 152 Å². The van der Waals surface area contributed by atoms with E-state index in [1.807, 2.05) is 0 Å². The summed E-state index contributed by atoms with van der Waals surface area (Å²) in [5, 5.41) is 8.68. The Morgan fingerprint density at radius 1 is 1.04 bits per heavy atom. The molecule has 2 unspecified atom stereocenters. The first-order valence-electron chi connectivity index (χ1n) is 9.77. The summed E-state index contributed by atoms with van der Waals surface area (Å²) < 4.78 is 0. The molecule has 0 spiro atoms. The summed E-state index contributed by atoms with van der Waals surface area (Å²) in [6.07, 6.45) is 7.57. The van der Waals surface area contributed by atoms with Crippen LogP contribution in [0, 0.1) is 23.2 Å². The van der Waals surface area contributed by atoms with Crippen molar-refractivity contribution < 1.29 is 0 Å². The molecule has 1 aromatic carbocycles. The molecule has 25 heavy (non-hydrogen) atoms. The van der Waals surface area contributed by atoms with Crippen molar-refractivity contribution in [2.75, 3.05) is 26.2 Å². The minimum Gasteiger partial charge on any atom is -0.302 e. The Balaban J connectivity index is 1.71. The Morgan fingerprint density at radius 3 is 2.60 bits per heavy atom. The average Bonchev–Trinajstić information content (AvgIpc) is 3.32. The molecule has 2 saturated heterocycles. The van der Waals surface area contributed by atoms with Gasteiger partial charge in [0.25, 0.3) is 0 Å². The molecule has 0 aliphatic carbocycles. The van der Waals surface area contributed by atoms with E-state index in [0.717, 1.165) is 19.4 Å². The molecule has 2 aliphatic rings. The van der Waals surface area contributed by atoms with E-state index < -0.39 is 0 Å². The number of benzene rings is 1. The lowest BCUT2D eigenvalue weighted by atomic mass is 10.0. The zero-order chi connectivity index (χ0) is 17.3. The van der Waals surface area contributed by atoms with Crippen molar-refractivity contribution in [3.05, 3.63) is 35.9 Å². The topological polar surface area (TPSA) is 30.3 Å². The Morgan fingerprint density at radius 2 is 1.84 bits per heavy atom. The summed E-state index contributed by atoms with van der Waals surface area (Å²) in [6.45, 7) is 4.87. The van der Waals surface area contributed by atoms with E-state index in [-0.39, 0.29) is 6.04 Å². The normalized spacial score (nSPS) is 22.3. The van der Waals surface area contributed by atoms with Gasteiger partial charge < -0.3 is 4.90 Å². The second-order valence-corrected chi connectivity index (χ2v) is 7.19. The summed E-state index contributed by atoms with van der Waals surface area (Å²) in [7, 11) is 0. The summed E-state index contributed by atoms with van der Waals surface area (Å²) in [5.41, 5.74) is 1.31. The SMILES string of the molecule is N#CCCCC#CC(c1ccccc1)N1CCCC1CN1CCCC1. The van der Waals surface area contributed by atoms with Gasteiger partial charge in [0.2, 0.25) is 0 Å². The fraction of sp³-hybridized carbons (Fsp3) is 0.591. The molecule has 0 amide bonds. The van der Waals surface area contributed by atoms with Crippen molar-refractivity contribution in [1.82, 2.24) is 9.80 Å². The Hall–Kier alpha value is -1.81. The van der Waals surface area contributed by atoms with Crippen LogP contribution in [0.5, 0.6) is 0 Å². The van der Waals surface area contributed by atoms with E-state index >= 15 is 0 Å². The summed E-state index contributed by atoms with van der Waals surface area (Å²) in [4.78, 5) is 5.26. The van der Waals surface area contributed by atoms with Gasteiger partial charge in [-0.2, -0.15) is 5.26 Å². The minimum absolute atomic E-state index is 0.193. The Bertz CT molecular complexity index is 616. The van der Waals surface area contributed by atoms with Crippen LogP contribution in [0.3, 0.4) is 0 Å². The van der Waals surface area contributed by atoms with Crippen LogP contribution in [0.25, 0.3) is 0 Å². The third-order valence-electron chi connectivity index (χ3n) is 5.37. The first kappa shape index (κ1) is 18.0. The number of likely N-dealkylation sites (tertiary alicyclic amines) is 2. The fourth-order valence-electron chi connectivity index (χ4n) is 4.07. The van der Waals surface area contributed by atoms with E-state index in [1.54, 1.807) is 0 Å². The van der Waals surface area contributed by atoms with Gasteiger partial charge in [-0.15, -0.1) is 5.92 Å². The monoisotopic (exact) mass is 335 g/mol. The van der Waals surface area contributed by atoms with Crippen LogP contribution in [-0.4, -0.2) is 42.0 Å². The average molecular weight is 335 g/mol. The number of hydrogen-bond donors (Lipinski definition) is 0. The third kappa shape index (κ3) is 5.08. The highest BCUT2D eigenvalue weighted by Gasteiger charge is 2.32. The van der Waals surface area contributed by atoms with Gasteiger partial charge >= 0.3 is 0 Å².